The van der Waals surface area contributed by atoms with Crippen LogP contribution >= 0.6 is 11.8 Å². The van der Waals surface area contributed by atoms with Crippen LogP contribution in [0.25, 0.3) is 11.5 Å². The number of benzene rings is 1. The van der Waals surface area contributed by atoms with Crippen molar-refractivity contribution in [2.75, 3.05) is 11.1 Å². The largest absolute Gasteiger partial charge is 0.411 e. The van der Waals surface area contributed by atoms with E-state index in [-0.39, 0.29) is 11.7 Å². The molecule has 0 radical (unpaired) electrons. The third kappa shape index (κ3) is 4.11. The van der Waals surface area contributed by atoms with Crippen molar-refractivity contribution in [3.8, 4) is 11.5 Å². The van der Waals surface area contributed by atoms with E-state index >= 15 is 0 Å². The summed E-state index contributed by atoms with van der Waals surface area (Å²) >= 11 is 1.23. The smallest absolute Gasteiger partial charge is 0.277 e. The molecule has 0 atom stereocenters. The molecule has 2 heterocycles. The molecule has 0 aliphatic heterocycles. The molecule has 1 aliphatic rings. The van der Waals surface area contributed by atoms with Gasteiger partial charge < -0.3 is 9.73 Å². The monoisotopic (exact) mass is 397 g/mol. The van der Waals surface area contributed by atoms with Crippen LogP contribution in [0.2, 0.25) is 0 Å². The number of aryl methyl sites for hydroxylation is 2. The lowest BCUT2D eigenvalue weighted by molar-refractivity contribution is -0.113. The summed E-state index contributed by atoms with van der Waals surface area (Å²) in [4.78, 5) is 12.3. The fraction of sp³-hybridized carbons (Fsp3) is 0.400. The molecule has 2 aromatic heterocycles. The highest BCUT2D eigenvalue weighted by atomic mass is 32.2. The molecule has 1 amide bonds. The Hall–Kier alpha value is -2.61. The minimum atomic E-state index is -0.115. The zero-order chi connectivity index (χ0) is 19.5. The Labute approximate surface area is 167 Å². The van der Waals surface area contributed by atoms with E-state index < -0.39 is 0 Å². The van der Waals surface area contributed by atoms with Crippen LogP contribution in [-0.4, -0.2) is 31.6 Å². The Morgan fingerprint density at radius 3 is 2.82 bits per heavy atom. The number of carbonyl (C=O) groups excluding carboxylic acids is 1. The number of nitrogens with one attached hydrogen (secondary N) is 1. The van der Waals surface area contributed by atoms with Crippen LogP contribution < -0.4 is 5.32 Å². The third-order valence-electron chi connectivity index (χ3n) is 5.10. The van der Waals surface area contributed by atoms with E-state index in [1.807, 2.05) is 35.9 Å². The molecule has 1 aromatic carbocycles. The minimum Gasteiger partial charge on any atom is -0.411 e. The first-order chi connectivity index (χ1) is 13.6. The average molecular weight is 398 g/mol. The van der Waals surface area contributed by atoms with Crippen molar-refractivity contribution in [3.63, 3.8) is 0 Å². The number of nitrogens with zero attached hydrogens (tertiary/aromatic N) is 4. The summed E-state index contributed by atoms with van der Waals surface area (Å²) in [5.41, 5.74) is 3.27. The van der Waals surface area contributed by atoms with Gasteiger partial charge in [0.15, 0.2) is 0 Å². The van der Waals surface area contributed by atoms with Crippen LogP contribution in [0.4, 0.5) is 5.82 Å². The summed E-state index contributed by atoms with van der Waals surface area (Å²) in [6.07, 6.45) is 6.39. The summed E-state index contributed by atoms with van der Waals surface area (Å²) in [7, 11) is 0. The van der Waals surface area contributed by atoms with E-state index in [4.69, 9.17) is 4.42 Å². The SMILES string of the molecule is Cc1ccc(-c2nnc(SCC(=O)Nc3ccnn3C3CCCC3)o2)cc1C. The summed E-state index contributed by atoms with van der Waals surface area (Å²) in [6, 6.07) is 8.23. The topological polar surface area (TPSA) is 85.8 Å². The lowest BCUT2D eigenvalue weighted by Gasteiger charge is -2.14. The molecule has 1 saturated carbocycles. The van der Waals surface area contributed by atoms with E-state index in [2.05, 4.69) is 27.5 Å². The maximum atomic E-state index is 12.3. The lowest BCUT2D eigenvalue weighted by Crippen LogP contribution is -2.19. The summed E-state index contributed by atoms with van der Waals surface area (Å²) in [6.45, 7) is 4.11. The molecule has 146 valence electrons. The van der Waals surface area contributed by atoms with Gasteiger partial charge in [0.25, 0.3) is 5.22 Å². The number of rotatable bonds is 6. The van der Waals surface area contributed by atoms with Gasteiger partial charge >= 0.3 is 0 Å². The predicted molar refractivity (Wildman–Crippen MR) is 108 cm³/mol. The van der Waals surface area contributed by atoms with E-state index in [0.717, 1.165) is 24.2 Å². The zero-order valence-electron chi connectivity index (χ0n) is 16.0. The van der Waals surface area contributed by atoms with Crippen LogP contribution in [-0.2, 0) is 4.79 Å². The Morgan fingerprint density at radius 2 is 2.04 bits per heavy atom. The van der Waals surface area contributed by atoms with Crippen molar-refractivity contribution in [3.05, 3.63) is 41.6 Å². The number of hydrogen-bond donors (Lipinski definition) is 1. The van der Waals surface area contributed by atoms with Gasteiger partial charge in [-0.25, -0.2) is 4.68 Å². The van der Waals surface area contributed by atoms with Crippen molar-refractivity contribution in [2.45, 2.75) is 50.8 Å². The second-order valence-corrected chi connectivity index (χ2v) is 8.03. The first-order valence-electron chi connectivity index (χ1n) is 9.47. The minimum absolute atomic E-state index is 0.115. The van der Waals surface area contributed by atoms with Crippen LogP contribution in [0.1, 0.15) is 42.9 Å². The molecule has 0 saturated heterocycles. The van der Waals surface area contributed by atoms with Crippen LogP contribution in [0.15, 0.2) is 40.1 Å². The maximum Gasteiger partial charge on any atom is 0.277 e. The van der Waals surface area contributed by atoms with E-state index in [1.165, 1.54) is 35.7 Å². The van der Waals surface area contributed by atoms with Crippen molar-refractivity contribution in [1.29, 1.82) is 0 Å². The molecule has 8 heteroatoms. The number of hydrogen-bond acceptors (Lipinski definition) is 6. The fourth-order valence-corrected chi connectivity index (χ4v) is 3.98. The van der Waals surface area contributed by atoms with Gasteiger partial charge in [0, 0.05) is 11.6 Å². The number of aromatic nitrogens is 4. The van der Waals surface area contributed by atoms with Gasteiger partial charge in [-0.1, -0.05) is 30.7 Å². The number of carbonyl (C=O) groups is 1. The molecule has 28 heavy (non-hydrogen) atoms. The predicted octanol–water partition coefficient (Wildman–Crippen LogP) is 4.40. The molecule has 7 nitrogen and oxygen atoms in total. The maximum absolute atomic E-state index is 12.3. The Morgan fingerprint density at radius 1 is 1.21 bits per heavy atom. The Balaban J connectivity index is 1.35. The van der Waals surface area contributed by atoms with Crippen molar-refractivity contribution in [1.82, 2.24) is 20.0 Å². The molecule has 0 bridgehead atoms. The third-order valence-corrected chi connectivity index (χ3v) is 5.91. The van der Waals surface area contributed by atoms with Crippen LogP contribution in [0.5, 0.6) is 0 Å². The first kappa shape index (κ1) is 18.7. The number of anilines is 1. The summed E-state index contributed by atoms with van der Waals surface area (Å²) in [5, 5.41) is 15.8. The van der Waals surface area contributed by atoms with E-state index in [0.29, 0.717) is 17.2 Å². The van der Waals surface area contributed by atoms with Crippen molar-refractivity contribution >= 4 is 23.5 Å². The molecular formula is C20H23N5O2S. The van der Waals surface area contributed by atoms with Gasteiger partial charge in [0.2, 0.25) is 11.8 Å². The van der Waals surface area contributed by atoms with E-state index in [1.54, 1.807) is 6.20 Å². The van der Waals surface area contributed by atoms with Crippen LogP contribution in [0.3, 0.4) is 0 Å². The molecule has 1 aliphatic carbocycles. The standard InChI is InChI=1S/C20H23N5O2S/c1-13-7-8-15(11-14(13)2)19-23-24-20(27-19)28-12-18(26)22-17-9-10-21-25(17)16-5-3-4-6-16/h7-11,16H,3-6,12H2,1-2H3,(H,22,26). The van der Waals surface area contributed by atoms with Crippen molar-refractivity contribution < 1.29 is 9.21 Å². The van der Waals surface area contributed by atoms with Gasteiger partial charge in [-0.3, -0.25) is 4.79 Å². The van der Waals surface area contributed by atoms with Crippen LogP contribution in [0, 0.1) is 13.8 Å². The fourth-order valence-electron chi connectivity index (χ4n) is 3.42. The average Bonchev–Trinajstić information content (AvgIpc) is 3.43. The quantitative estimate of drug-likeness (QED) is 0.621. The second-order valence-electron chi connectivity index (χ2n) is 7.11. The summed E-state index contributed by atoms with van der Waals surface area (Å²) < 4.78 is 7.63. The number of amides is 1. The van der Waals surface area contributed by atoms with Gasteiger partial charge in [0.05, 0.1) is 18.0 Å². The van der Waals surface area contributed by atoms with Gasteiger partial charge in [-0.05, 0) is 49.9 Å². The number of thioether (sulfide) groups is 1. The van der Waals surface area contributed by atoms with E-state index in [9.17, 15) is 4.79 Å². The lowest BCUT2D eigenvalue weighted by atomic mass is 10.1. The normalized spacial score (nSPS) is 14.5. The first-order valence-corrected chi connectivity index (χ1v) is 10.5. The highest BCUT2D eigenvalue weighted by Crippen LogP contribution is 2.31. The highest BCUT2D eigenvalue weighted by Gasteiger charge is 2.20. The molecule has 4 rings (SSSR count). The Bertz CT molecular complexity index is 975. The zero-order valence-corrected chi connectivity index (χ0v) is 16.8. The second kappa shape index (κ2) is 8.18. The molecule has 3 aromatic rings. The van der Waals surface area contributed by atoms with Gasteiger partial charge in [-0.15, -0.1) is 10.2 Å². The Kier molecular flexibility index (Phi) is 5.47. The molecule has 1 fully saturated rings. The summed E-state index contributed by atoms with van der Waals surface area (Å²) in [5.74, 6) is 1.30. The molecule has 1 N–H and O–H groups in total. The van der Waals surface area contributed by atoms with Crippen molar-refractivity contribution in [2.24, 2.45) is 0 Å². The van der Waals surface area contributed by atoms with Gasteiger partial charge in [0.1, 0.15) is 5.82 Å². The molecule has 0 spiro atoms. The molecular weight excluding hydrogens is 374 g/mol. The molecule has 0 unspecified atom stereocenters. The highest BCUT2D eigenvalue weighted by molar-refractivity contribution is 7.99. The van der Waals surface area contributed by atoms with Gasteiger partial charge in [-0.2, -0.15) is 5.10 Å².